The average molecular weight is 433 g/mol. The number of halogens is 1. The Morgan fingerprint density at radius 2 is 1.97 bits per heavy atom. The van der Waals surface area contributed by atoms with E-state index in [1.807, 2.05) is 30.3 Å². The Morgan fingerprint density at radius 1 is 1.13 bits per heavy atom. The van der Waals surface area contributed by atoms with Gasteiger partial charge in [0.2, 0.25) is 0 Å². The molecule has 2 aromatic carbocycles. The third-order valence-electron chi connectivity index (χ3n) is 5.50. The minimum atomic E-state index is -0.0845. The Kier molecular flexibility index (Phi) is 6.71. The van der Waals surface area contributed by atoms with E-state index < -0.39 is 0 Å². The lowest BCUT2D eigenvalue weighted by Gasteiger charge is -2.26. The van der Waals surface area contributed by atoms with Gasteiger partial charge in [-0.25, -0.2) is 4.98 Å². The third-order valence-corrected chi connectivity index (χ3v) is 5.74. The number of benzene rings is 2. The van der Waals surface area contributed by atoms with Gasteiger partial charge in [0.1, 0.15) is 5.82 Å². The van der Waals surface area contributed by atoms with Crippen molar-refractivity contribution >= 4 is 34.1 Å². The molecule has 0 radical (unpaired) electrons. The predicted octanol–water partition coefficient (Wildman–Crippen LogP) is 4.09. The quantitative estimate of drug-likeness (QED) is 0.609. The second kappa shape index (κ2) is 9.82. The molecule has 5 nitrogen and oxygen atoms in total. The van der Waals surface area contributed by atoms with E-state index in [1.54, 1.807) is 18.3 Å². The molecule has 0 saturated carbocycles. The molecule has 0 unspecified atom stereocenters. The molecule has 31 heavy (non-hydrogen) atoms. The first-order valence-electron chi connectivity index (χ1n) is 10.6. The summed E-state index contributed by atoms with van der Waals surface area (Å²) in [6, 6.07) is 12.9. The van der Waals surface area contributed by atoms with Crippen LogP contribution >= 0.6 is 11.6 Å². The molecule has 1 saturated heterocycles. The lowest BCUT2D eigenvalue weighted by atomic mass is 10.1. The number of carbonyl (C=O) groups excluding carboxylic acids is 1. The standard InChI is InChI=1S/C25H25ClN4O/c26-21-9-8-20-17-29-24(27)22(23(20)16-21)10-7-18-5-4-6-19(15-18)25(31)28-11-14-30-12-2-1-3-13-30/h4-6,8-9,15-17H,1-3,11-14H2,(H2,27,29)(H,28,31). The van der Waals surface area contributed by atoms with Gasteiger partial charge in [0.25, 0.3) is 5.91 Å². The van der Waals surface area contributed by atoms with Crippen LogP contribution in [0.5, 0.6) is 0 Å². The van der Waals surface area contributed by atoms with Crippen molar-refractivity contribution in [3.8, 4) is 11.8 Å². The summed E-state index contributed by atoms with van der Waals surface area (Å²) in [5.74, 6) is 6.50. The Labute approximate surface area is 187 Å². The fourth-order valence-corrected chi connectivity index (χ4v) is 3.99. The number of rotatable bonds is 4. The SMILES string of the molecule is Nc1ncc2ccc(Cl)cc2c1C#Cc1cccc(C(=O)NCCN2CCCCC2)c1. The van der Waals surface area contributed by atoms with Gasteiger partial charge in [-0.05, 0) is 56.3 Å². The van der Waals surface area contributed by atoms with Gasteiger partial charge >= 0.3 is 0 Å². The van der Waals surface area contributed by atoms with Crippen molar-refractivity contribution in [3.63, 3.8) is 0 Å². The molecule has 3 N–H and O–H groups in total. The highest BCUT2D eigenvalue weighted by Crippen LogP contribution is 2.25. The van der Waals surface area contributed by atoms with E-state index in [0.717, 1.165) is 36.0 Å². The first kappa shape index (κ1) is 21.2. The molecular formula is C25H25ClN4O. The first-order chi connectivity index (χ1) is 15.1. The average Bonchev–Trinajstić information content (AvgIpc) is 2.79. The van der Waals surface area contributed by atoms with E-state index in [9.17, 15) is 4.79 Å². The van der Waals surface area contributed by atoms with Crippen LogP contribution in [0.25, 0.3) is 10.8 Å². The first-order valence-corrected chi connectivity index (χ1v) is 10.9. The number of piperidine rings is 1. The molecule has 6 heteroatoms. The maximum Gasteiger partial charge on any atom is 0.251 e. The second-order valence-electron chi connectivity index (χ2n) is 7.74. The summed E-state index contributed by atoms with van der Waals surface area (Å²) in [6.07, 6.45) is 5.51. The summed E-state index contributed by atoms with van der Waals surface area (Å²) in [5.41, 5.74) is 8.04. The minimum absolute atomic E-state index is 0.0845. The fraction of sp³-hybridized carbons (Fsp3) is 0.280. The number of hydrogen-bond donors (Lipinski definition) is 2. The van der Waals surface area contributed by atoms with Crippen molar-refractivity contribution in [2.45, 2.75) is 19.3 Å². The van der Waals surface area contributed by atoms with Gasteiger partial charge in [-0.1, -0.05) is 42.0 Å². The highest BCUT2D eigenvalue weighted by atomic mass is 35.5. The number of likely N-dealkylation sites (tertiary alicyclic amines) is 1. The molecule has 1 fully saturated rings. The van der Waals surface area contributed by atoms with E-state index in [1.165, 1.54) is 19.3 Å². The smallest absolute Gasteiger partial charge is 0.251 e. The Morgan fingerprint density at radius 3 is 2.81 bits per heavy atom. The Bertz CT molecular complexity index is 1150. The van der Waals surface area contributed by atoms with Crippen LogP contribution in [-0.2, 0) is 0 Å². The highest BCUT2D eigenvalue weighted by Gasteiger charge is 2.11. The van der Waals surface area contributed by atoms with E-state index >= 15 is 0 Å². The monoisotopic (exact) mass is 432 g/mol. The van der Waals surface area contributed by atoms with E-state index in [4.69, 9.17) is 17.3 Å². The zero-order chi connectivity index (χ0) is 21.6. The number of amides is 1. The lowest BCUT2D eigenvalue weighted by molar-refractivity contribution is 0.0946. The molecule has 2 heterocycles. The van der Waals surface area contributed by atoms with E-state index in [0.29, 0.717) is 28.5 Å². The summed E-state index contributed by atoms with van der Waals surface area (Å²) in [4.78, 5) is 19.2. The molecule has 1 aromatic heterocycles. The van der Waals surface area contributed by atoms with Gasteiger partial charge in [0, 0.05) is 46.2 Å². The van der Waals surface area contributed by atoms with Gasteiger partial charge in [-0.15, -0.1) is 0 Å². The molecule has 0 bridgehead atoms. The molecular weight excluding hydrogens is 408 g/mol. The number of aromatic nitrogens is 1. The number of carbonyl (C=O) groups is 1. The normalized spacial score (nSPS) is 14.1. The highest BCUT2D eigenvalue weighted by molar-refractivity contribution is 6.31. The number of nitrogens with one attached hydrogen (secondary N) is 1. The molecule has 1 aliphatic rings. The fourth-order valence-electron chi connectivity index (χ4n) is 3.82. The molecule has 0 spiro atoms. The molecule has 3 aromatic rings. The number of fused-ring (bicyclic) bond motifs is 1. The van der Waals surface area contributed by atoms with Crippen molar-refractivity contribution < 1.29 is 4.79 Å². The molecule has 1 amide bonds. The van der Waals surface area contributed by atoms with Crippen molar-refractivity contribution in [2.75, 3.05) is 31.9 Å². The van der Waals surface area contributed by atoms with Crippen LogP contribution in [0.3, 0.4) is 0 Å². The molecule has 4 rings (SSSR count). The van der Waals surface area contributed by atoms with Gasteiger partial charge < -0.3 is 16.0 Å². The van der Waals surface area contributed by atoms with Gasteiger partial charge in [0.15, 0.2) is 0 Å². The third kappa shape index (κ3) is 5.35. The van der Waals surface area contributed by atoms with Gasteiger partial charge in [-0.3, -0.25) is 4.79 Å². The summed E-state index contributed by atoms with van der Waals surface area (Å²) < 4.78 is 0. The molecule has 0 atom stereocenters. The number of nitrogens with two attached hydrogens (primary N) is 1. The van der Waals surface area contributed by atoms with Crippen LogP contribution in [-0.4, -0.2) is 42.0 Å². The van der Waals surface area contributed by atoms with Crippen LogP contribution in [0, 0.1) is 11.8 Å². The Balaban J connectivity index is 1.48. The number of pyridine rings is 1. The summed E-state index contributed by atoms with van der Waals surface area (Å²) in [7, 11) is 0. The van der Waals surface area contributed by atoms with Crippen LogP contribution in [0.15, 0.2) is 48.7 Å². The number of hydrogen-bond acceptors (Lipinski definition) is 4. The summed E-state index contributed by atoms with van der Waals surface area (Å²) in [5, 5.41) is 5.41. The van der Waals surface area contributed by atoms with Crippen molar-refractivity contribution in [1.82, 2.24) is 15.2 Å². The van der Waals surface area contributed by atoms with Crippen LogP contribution in [0.1, 0.15) is 40.7 Å². The lowest BCUT2D eigenvalue weighted by Crippen LogP contribution is -2.37. The largest absolute Gasteiger partial charge is 0.383 e. The maximum atomic E-state index is 12.6. The molecule has 0 aliphatic carbocycles. The van der Waals surface area contributed by atoms with Gasteiger partial charge in [0.05, 0.1) is 5.56 Å². The Hall–Kier alpha value is -3.07. The summed E-state index contributed by atoms with van der Waals surface area (Å²) in [6.45, 7) is 3.78. The number of nitrogen functional groups attached to an aromatic ring is 1. The van der Waals surface area contributed by atoms with Crippen molar-refractivity contribution in [1.29, 1.82) is 0 Å². The number of nitrogens with zero attached hydrogens (tertiary/aromatic N) is 2. The zero-order valence-corrected chi connectivity index (χ0v) is 18.1. The van der Waals surface area contributed by atoms with E-state index in [-0.39, 0.29) is 5.91 Å². The van der Waals surface area contributed by atoms with Gasteiger partial charge in [-0.2, -0.15) is 0 Å². The van der Waals surface area contributed by atoms with Crippen LogP contribution in [0.4, 0.5) is 5.82 Å². The molecule has 158 valence electrons. The zero-order valence-electron chi connectivity index (χ0n) is 17.3. The van der Waals surface area contributed by atoms with Crippen molar-refractivity contribution in [3.05, 3.63) is 70.4 Å². The van der Waals surface area contributed by atoms with Crippen molar-refractivity contribution in [2.24, 2.45) is 0 Å². The van der Waals surface area contributed by atoms with E-state index in [2.05, 4.69) is 27.0 Å². The topological polar surface area (TPSA) is 71.2 Å². The number of anilines is 1. The maximum absolute atomic E-state index is 12.6. The van der Waals surface area contributed by atoms with Crippen LogP contribution in [0.2, 0.25) is 5.02 Å². The summed E-state index contributed by atoms with van der Waals surface area (Å²) >= 11 is 6.15. The molecule has 1 aliphatic heterocycles. The minimum Gasteiger partial charge on any atom is -0.383 e. The van der Waals surface area contributed by atoms with Crippen LogP contribution < -0.4 is 11.1 Å². The second-order valence-corrected chi connectivity index (χ2v) is 8.18. The predicted molar refractivity (Wildman–Crippen MR) is 126 cm³/mol.